The fourth-order valence-corrected chi connectivity index (χ4v) is 3.22. The molecule has 1 aliphatic rings. The van der Waals surface area contributed by atoms with Gasteiger partial charge in [0.2, 0.25) is 0 Å². The number of aliphatic hydroxyl groups excluding tert-OH is 1. The lowest BCUT2D eigenvalue weighted by Gasteiger charge is -2.41. The second-order valence-electron chi connectivity index (χ2n) is 4.62. The lowest BCUT2D eigenvalue weighted by Crippen LogP contribution is -2.40. The van der Waals surface area contributed by atoms with Crippen LogP contribution < -0.4 is 0 Å². The Kier molecular flexibility index (Phi) is 3.67. The lowest BCUT2D eigenvalue weighted by atomic mass is 9.76. The first-order valence-corrected chi connectivity index (χ1v) is 6.82. The summed E-state index contributed by atoms with van der Waals surface area (Å²) in [6, 6.07) is 4.17. The zero-order chi connectivity index (χ0) is 11.6. The van der Waals surface area contributed by atoms with Gasteiger partial charge in [0.25, 0.3) is 0 Å². The molecule has 1 heterocycles. The van der Waals surface area contributed by atoms with Crippen molar-refractivity contribution < 1.29 is 9.84 Å². The van der Waals surface area contributed by atoms with Crippen molar-refractivity contribution in [2.45, 2.75) is 50.7 Å². The smallest absolute Gasteiger partial charge is 0.0909 e. The highest BCUT2D eigenvalue weighted by molar-refractivity contribution is 7.12. The van der Waals surface area contributed by atoms with E-state index in [1.54, 1.807) is 18.4 Å². The predicted molar refractivity (Wildman–Crippen MR) is 66.9 cm³/mol. The molecule has 1 unspecified atom stereocenters. The molecule has 1 aliphatic carbocycles. The monoisotopic (exact) mass is 240 g/mol. The summed E-state index contributed by atoms with van der Waals surface area (Å²) in [7, 11) is 1.76. The molecule has 0 radical (unpaired) electrons. The molecule has 1 saturated carbocycles. The first-order valence-electron chi connectivity index (χ1n) is 6.01. The highest BCUT2D eigenvalue weighted by Gasteiger charge is 2.39. The molecular weight excluding hydrogens is 220 g/mol. The number of methoxy groups -OCH3 is 1. The molecule has 0 saturated heterocycles. The second kappa shape index (κ2) is 4.86. The first kappa shape index (κ1) is 12.1. The van der Waals surface area contributed by atoms with Gasteiger partial charge in [0, 0.05) is 23.3 Å². The average Bonchev–Trinajstić information content (AvgIpc) is 2.71. The summed E-state index contributed by atoms with van der Waals surface area (Å²) in [5.41, 5.74) is -0.0458. The normalized spacial score (nSPS) is 20.4. The van der Waals surface area contributed by atoms with Gasteiger partial charge in [0.1, 0.15) is 0 Å². The Morgan fingerprint density at radius 3 is 2.69 bits per heavy atom. The number of thiophene rings is 1. The molecule has 16 heavy (non-hydrogen) atoms. The molecule has 0 bridgehead atoms. The average molecular weight is 240 g/mol. The molecule has 3 heteroatoms. The van der Waals surface area contributed by atoms with Crippen LogP contribution in [0.25, 0.3) is 0 Å². The van der Waals surface area contributed by atoms with Crippen LogP contribution in [0.5, 0.6) is 0 Å². The Bertz CT molecular complexity index is 336. The zero-order valence-electron chi connectivity index (χ0n) is 10.0. The summed E-state index contributed by atoms with van der Waals surface area (Å²) >= 11 is 1.72. The predicted octanol–water partition coefficient (Wildman–Crippen LogP) is 3.30. The van der Waals surface area contributed by atoms with Crippen LogP contribution in [-0.4, -0.2) is 17.8 Å². The van der Waals surface area contributed by atoms with Gasteiger partial charge < -0.3 is 9.84 Å². The number of ether oxygens (including phenoxy) is 1. The van der Waals surface area contributed by atoms with Gasteiger partial charge in [0.15, 0.2) is 0 Å². The SMILES string of the molecule is CCc1ccc(C(O)CC2(OC)CCC2)s1. The summed E-state index contributed by atoms with van der Waals surface area (Å²) < 4.78 is 5.54. The third-order valence-electron chi connectivity index (χ3n) is 3.62. The van der Waals surface area contributed by atoms with Gasteiger partial charge in [-0.2, -0.15) is 0 Å². The minimum Gasteiger partial charge on any atom is -0.387 e. The van der Waals surface area contributed by atoms with Crippen molar-refractivity contribution in [3.8, 4) is 0 Å². The van der Waals surface area contributed by atoms with E-state index in [2.05, 4.69) is 19.1 Å². The van der Waals surface area contributed by atoms with Crippen LogP contribution in [0.4, 0.5) is 0 Å². The van der Waals surface area contributed by atoms with Crippen LogP contribution >= 0.6 is 11.3 Å². The highest BCUT2D eigenvalue weighted by atomic mass is 32.1. The van der Waals surface area contributed by atoms with E-state index in [-0.39, 0.29) is 11.7 Å². The Hall–Kier alpha value is -0.380. The molecule has 2 rings (SSSR count). The molecule has 0 amide bonds. The zero-order valence-corrected chi connectivity index (χ0v) is 10.8. The van der Waals surface area contributed by atoms with Gasteiger partial charge >= 0.3 is 0 Å². The van der Waals surface area contributed by atoms with Gasteiger partial charge in [0.05, 0.1) is 11.7 Å². The Balaban J connectivity index is 1.99. The van der Waals surface area contributed by atoms with E-state index in [9.17, 15) is 5.11 Å². The van der Waals surface area contributed by atoms with Crippen molar-refractivity contribution in [2.75, 3.05) is 7.11 Å². The maximum absolute atomic E-state index is 10.2. The van der Waals surface area contributed by atoms with Gasteiger partial charge in [-0.05, 0) is 37.8 Å². The maximum atomic E-state index is 10.2. The molecule has 1 N–H and O–H groups in total. The fourth-order valence-electron chi connectivity index (χ4n) is 2.28. The molecule has 0 aliphatic heterocycles. The van der Waals surface area contributed by atoms with E-state index in [4.69, 9.17) is 4.74 Å². The van der Waals surface area contributed by atoms with Crippen LogP contribution in [0.2, 0.25) is 0 Å². The largest absolute Gasteiger partial charge is 0.387 e. The summed E-state index contributed by atoms with van der Waals surface area (Å²) in [5.74, 6) is 0. The van der Waals surface area contributed by atoms with Crippen LogP contribution in [0, 0.1) is 0 Å². The van der Waals surface area contributed by atoms with E-state index in [1.807, 2.05) is 0 Å². The molecule has 2 nitrogen and oxygen atoms in total. The summed E-state index contributed by atoms with van der Waals surface area (Å²) in [4.78, 5) is 2.43. The summed E-state index contributed by atoms with van der Waals surface area (Å²) in [6.07, 6.45) is 4.84. The summed E-state index contributed by atoms with van der Waals surface area (Å²) in [5, 5.41) is 10.2. The molecule has 1 aromatic rings. The van der Waals surface area contributed by atoms with E-state index < -0.39 is 0 Å². The first-order chi connectivity index (χ1) is 7.69. The quantitative estimate of drug-likeness (QED) is 0.855. The van der Waals surface area contributed by atoms with Crippen molar-refractivity contribution >= 4 is 11.3 Å². The van der Waals surface area contributed by atoms with E-state index in [1.165, 1.54) is 11.3 Å². The Morgan fingerprint density at radius 1 is 1.50 bits per heavy atom. The van der Waals surface area contributed by atoms with E-state index in [0.29, 0.717) is 0 Å². The van der Waals surface area contributed by atoms with Crippen molar-refractivity contribution in [3.05, 3.63) is 21.9 Å². The Morgan fingerprint density at radius 2 is 2.25 bits per heavy atom. The Labute approximate surface area is 101 Å². The number of aliphatic hydroxyl groups is 1. The van der Waals surface area contributed by atoms with Gasteiger partial charge in [-0.3, -0.25) is 0 Å². The topological polar surface area (TPSA) is 29.5 Å². The molecule has 1 atom stereocenters. The minimum absolute atomic E-state index is 0.0458. The van der Waals surface area contributed by atoms with Crippen molar-refractivity contribution in [3.63, 3.8) is 0 Å². The van der Waals surface area contributed by atoms with E-state index >= 15 is 0 Å². The van der Waals surface area contributed by atoms with Crippen molar-refractivity contribution in [1.82, 2.24) is 0 Å². The number of hydrogen-bond donors (Lipinski definition) is 1. The molecular formula is C13H20O2S. The highest BCUT2D eigenvalue weighted by Crippen LogP contribution is 2.42. The van der Waals surface area contributed by atoms with Gasteiger partial charge in [-0.1, -0.05) is 6.92 Å². The second-order valence-corrected chi connectivity index (χ2v) is 5.82. The van der Waals surface area contributed by atoms with Gasteiger partial charge in [-0.15, -0.1) is 11.3 Å². The van der Waals surface area contributed by atoms with Crippen LogP contribution in [0.1, 0.15) is 48.5 Å². The molecule has 1 fully saturated rings. The fraction of sp³-hybridized carbons (Fsp3) is 0.692. The van der Waals surface area contributed by atoms with Crippen LogP contribution in [-0.2, 0) is 11.2 Å². The molecule has 0 spiro atoms. The van der Waals surface area contributed by atoms with Crippen LogP contribution in [0.3, 0.4) is 0 Å². The van der Waals surface area contributed by atoms with Gasteiger partial charge in [-0.25, -0.2) is 0 Å². The summed E-state index contributed by atoms with van der Waals surface area (Å²) in [6.45, 7) is 2.14. The maximum Gasteiger partial charge on any atom is 0.0909 e. The lowest BCUT2D eigenvalue weighted by molar-refractivity contribution is -0.0994. The number of aryl methyl sites for hydroxylation is 1. The third kappa shape index (κ3) is 2.31. The minimum atomic E-state index is -0.356. The standard InChI is InChI=1S/C13H20O2S/c1-3-10-5-6-12(16-10)11(14)9-13(15-2)7-4-8-13/h5-6,11,14H,3-4,7-9H2,1-2H3. The molecule has 90 valence electrons. The third-order valence-corrected chi connectivity index (χ3v) is 4.95. The van der Waals surface area contributed by atoms with E-state index in [0.717, 1.165) is 30.6 Å². The number of rotatable bonds is 5. The van der Waals surface area contributed by atoms with Crippen molar-refractivity contribution in [1.29, 1.82) is 0 Å². The van der Waals surface area contributed by atoms with Crippen LogP contribution in [0.15, 0.2) is 12.1 Å². The molecule has 0 aromatic carbocycles. The molecule has 1 aromatic heterocycles. The number of hydrogen-bond acceptors (Lipinski definition) is 3. The van der Waals surface area contributed by atoms with Crippen molar-refractivity contribution in [2.24, 2.45) is 0 Å².